The molecule has 0 saturated carbocycles. The molecule has 0 spiro atoms. The highest BCUT2D eigenvalue weighted by Crippen LogP contribution is 2.27. The molecule has 0 saturated heterocycles. The monoisotopic (exact) mass is 1060 g/mol. The fourth-order valence-electron chi connectivity index (χ4n) is 7.40. The normalized spacial score (nSPS) is 12.8. The maximum atomic E-state index is 4.42. The van der Waals surface area contributed by atoms with Crippen molar-refractivity contribution >= 4 is 114 Å². The summed E-state index contributed by atoms with van der Waals surface area (Å²) >= 11 is 10.0. The molecule has 0 aliphatic carbocycles. The molecule has 0 N–H and O–H groups in total. The lowest BCUT2D eigenvalue weighted by molar-refractivity contribution is 0.556. The number of hydrogen-bond donors (Lipinski definition) is 0. The zero-order chi connectivity index (χ0) is 45.3. The van der Waals surface area contributed by atoms with Crippen LogP contribution in [0, 0.1) is 0 Å². The number of nitrogens with zero attached hydrogens (tertiary/aromatic N) is 18. The van der Waals surface area contributed by atoms with Gasteiger partial charge < -0.3 is 0 Å². The molecule has 21 heteroatoms. The molecule has 18 nitrogen and oxygen atoms in total. The average Bonchev–Trinajstić information content (AvgIpc) is 4.10. The summed E-state index contributed by atoms with van der Waals surface area (Å²) in [5, 5.41) is 28.1. The van der Waals surface area contributed by atoms with E-state index in [9.17, 15) is 0 Å². The van der Waals surface area contributed by atoms with Gasteiger partial charge in [0.2, 0.25) is 16.9 Å². The van der Waals surface area contributed by atoms with Gasteiger partial charge in [0.1, 0.15) is 13.8 Å². The van der Waals surface area contributed by atoms with Crippen molar-refractivity contribution in [2.24, 2.45) is 0 Å². The molecule has 0 aliphatic rings. The molecule has 1 unspecified atom stereocenters. The molecular weight excluding hydrogens is 1030 g/mol. The van der Waals surface area contributed by atoms with Crippen molar-refractivity contribution in [3.05, 3.63) is 159 Å². The fourth-order valence-corrected chi connectivity index (χ4v) is 8.21. The van der Waals surface area contributed by atoms with E-state index in [2.05, 4.69) is 181 Å². The molecule has 3 atom stereocenters. The van der Waals surface area contributed by atoms with E-state index >= 15 is 0 Å². The topological polar surface area (TPSA) is 208 Å². The summed E-state index contributed by atoms with van der Waals surface area (Å²) in [6, 6.07) is 30.5. The number of rotatable bonds is 6. The van der Waals surface area contributed by atoms with Crippen LogP contribution in [0.1, 0.15) is 55.6 Å². The number of hydrogen-bond acceptors (Lipinski definition) is 15. The standard InChI is InChI=1S/3C15H11BrN6/c3*1-9(10-4-5-12-11(7-10)3-2-6-17-12)22-15-14(20-21-22)18-8-13(16)19-15/h3*2-9H,1H3/t2*9-;/m10./s1. The highest BCUT2D eigenvalue weighted by molar-refractivity contribution is 9.11. The molecule has 0 bridgehead atoms. The fraction of sp³-hybridized carbons (Fsp3) is 0.133. The quantitative estimate of drug-likeness (QED) is 0.152. The van der Waals surface area contributed by atoms with Crippen LogP contribution in [0.25, 0.3) is 66.6 Å². The van der Waals surface area contributed by atoms with Crippen LogP contribution in [0.5, 0.6) is 0 Å². The number of benzene rings is 3. The predicted molar refractivity (Wildman–Crippen MR) is 259 cm³/mol. The van der Waals surface area contributed by atoms with Gasteiger partial charge in [0.15, 0.2) is 16.9 Å². The molecule has 0 aliphatic heterocycles. The molecule has 0 fully saturated rings. The van der Waals surface area contributed by atoms with E-state index in [1.807, 2.05) is 54.6 Å². The van der Waals surface area contributed by atoms with Crippen molar-refractivity contribution in [3.8, 4) is 0 Å². The minimum atomic E-state index is -0.00166. The summed E-state index contributed by atoms with van der Waals surface area (Å²) < 4.78 is 7.34. The number of fused-ring (bicyclic) bond motifs is 6. The second-order valence-electron chi connectivity index (χ2n) is 15.0. The van der Waals surface area contributed by atoms with Gasteiger partial charge in [0.25, 0.3) is 0 Å². The maximum Gasteiger partial charge on any atom is 0.221 e. The van der Waals surface area contributed by atoms with Gasteiger partial charge in [-0.2, -0.15) is 0 Å². The SMILES string of the molecule is CC(c1ccc2ncccc2c1)n1nnc2ncc(Br)nc21.C[C@@H](c1ccc2ncccc2c1)n1nnc2ncc(Br)nc21.C[C@H](c1ccc2ncccc2c1)n1nnc2ncc(Br)nc21. The van der Waals surface area contributed by atoms with Crippen LogP contribution in [0.4, 0.5) is 0 Å². The molecule has 9 aromatic heterocycles. The van der Waals surface area contributed by atoms with Crippen LogP contribution in [0.2, 0.25) is 0 Å². The molecule has 66 heavy (non-hydrogen) atoms. The second-order valence-corrected chi connectivity index (χ2v) is 17.5. The van der Waals surface area contributed by atoms with Gasteiger partial charge in [0, 0.05) is 34.7 Å². The number of aromatic nitrogens is 18. The Bertz CT molecular complexity index is 3320. The van der Waals surface area contributed by atoms with Gasteiger partial charge in [-0.1, -0.05) is 52.0 Å². The van der Waals surface area contributed by atoms with Gasteiger partial charge in [-0.3, -0.25) is 15.0 Å². The van der Waals surface area contributed by atoms with Gasteiger partial charge in [0.05, 0.1) is 53.3 Å². The van der Waals surface area contributed by atoms with E-state index in [-0.39, 0.29) is 18.1 Å². The lowest BCUT2D eigenvalue weighted by Crippen LogP contribution is -2.09. The highest BCUT2D eigenvalue weighted by atomic mass is 79.9. The Balaban J connectivity index is 0.000000116. The second kappa shape index (κ2) is 18.3. The first-order valence-corrected chi connectivity index (χ1v) is 22.8. The van der Waals surface area contributed by atoms with E-state index in [1.54, 1.807) is 51.2 Å². The Hall–Kier alpha value is -7.23. The summed E-state index contributed by atoms with van der Waals surface area (Å²) in [7, 11) is 0. The van der Waals surface area contributed by atoms with Gasteiger partial charge in [-0.25, -0.2) is 43.9 Å². The van der Waals surface area contributed by atoms with Crippen LogP contribution >= 0.6 is 47.8 Å². The Morgan fingerprint density at radius 3 is 1.00 bits per heavy atom. The van der Waals surface area contributed by atoms with E-state index in [1.165, 1.54) is 0 Å². The third-order valence-electron chi connectivity index (χ3n) is 10.9. The maximum absolute atomic E-state index is 4.42. The van der Waals surface area contributed by atoms with Crippen molar-refractivity contribution in [1.29, 1.82) is 0 Å². The minimum Gasteiger partial charge on any atom is -0.256 e. The first-order valence-electron chi connectivity index (χ1n) is 20.4. The molecule has 12 rings (SSSR count). The molecule has 12 aromatic rings. The van der Waals surface area contributed by atoms with E-state index in [0.29, 0.717) is 47.7 Å². The van der Waals surface area contributed by atoms with Crippen molar-refractivity contribution in [3.63, 3.8) is 0 Å². The lowest BCUT2D eigenvalue weighted by Gasteiger charge is -2.13. The molecule has 0 radical (unpaired) electrons. The van der Waals surface area contributed by atoms with Crippen LogP contribution < -0.4 is 0 Å². The molecule has 324 valence electrons. The summed E-state index contributed by atoms with van der Waals surface area (Å²) in [5.74, 6) is 0. The summed E-state index contributed by atoms with van der Waals surface area (Å²) in [6.45, 7) is 6.19. The first-order chi connectivity index (χ1) is 32.2. The molecule has 0 amide bonds. The van der Waals surface area contributed by atoms with Crippen molar-refractivity contribution in [2.45, 2.75) is 38.9 Å². The van der Waals surface area contributed by atoms with Crippen LogP contribution in [0.3, 0.4) is 0 Å². The van der Waals surface area contributed by atoms with Crippen LogP contribution in [0.15, 0.2) is 142 Å². The lowest BCUT2D eigenvalue weighted by atomic mass is 10.1. The summed E-state index contributed by atoms with van der Waals surface area (Å²) in [4.78, 5) is 38.9. The molecule has 9 heterocycles. The molecular formula is C45H33Br3N18. The van der Waals surface area contributed by atoms with Crippen LogP contribution in [-0.2, 0) is 0 Å². The van der Waals surface area contributed by atoms with E-state index in [0.717, 1.165) is 49.4 Å². The summed E-state index contributed by atoms with van der Waals surface area (Å²) in [6.07, 6.45) is 10.2. The van der Waals surface area contributed by atoms with Gasteiger partial charge >= 0.3 is 0 Å². The average molecular weight is 1070 g/mol. The Labute approximate surface area is 399 Å². The number of halogens is 3. The third-order valence-corrected chi connectivity index (χ3v) is 12.1. The van der Waals surface area contributed by atoms with E-state index in [4.69, 9.17) is 0 Å². The van der Waals surface area contributed by atoms with Crippen molar-refractivity contribution < 1.29 is 0 Å². The van der Waals surface area contributed by atoms with Crippen molar-refractivity contribution in [2.75, 3.05) is 0 Å². The Morgan fingerprint density at radius 1 is 0.394 bits per heavy atom. The zero-order valence-electron chi connectivity index (χ0n) is 35.0. The minimum absolute atomic E-state index is 0.00166. The predicted octanol–water partition coefficient (Wildman–Crippen LogP) is 9.42. The zero-order valence-corrected chi connectivity index (χ0v) is 39.8. The third kappa shape index (κ3) is 8.66. The Kier molecular flexibility index (Phi) is 11.9. The number of pyridine rings is 3. The van der Waals surface area contributed by atoms with E-state index < -0.39 is 0 Å². The first kappa shape index (κ1) is 42.7. The summed E-state index contributed by atoms with van der Waals surface area (Å²) in [5.41, 5.74) is 9.89. The Morgan fingerprint density at radius 2 is 0.697 bits per heavy atom. The van der Waals surface area contributed by atoms with Gasteiger partial charge in [-0.15, -0.1) is 15.3 Å². The highest BCUT2D eigenvalue weighted by Gasteiger charge is 2.19. The van der Waals surface area contributed by atoms with Crippen molar-refractivity contribution in [1.82, 2.24) is 89.8 Å². The van der Waals surface area contributed by atoms with Crippen LogP contribution in [-0.4, -0.2) is 89.8 Å². The van der Waals surface area contributed by atoms with Gasteiger partial charge in [-0.05, 0) is 140 Å². The smallest absolute Gasteiger partial charge is 0.221 e. The molecule has 3 aromatic carbocycles. The largest absolute Gasteiger partial charge is 0.256 e.